The van der Waals surface area contributed by atoms with Gasteiger partial charge in [-0.25, -0.2) is 8.78 Å². The maximum atomic E-state index is 12.9. The van der Waals surface area contributed by atoms with Crippen LogP contribution in [0.2, 0.25) is 0 Å². The Balaban J connectivity index is 2.00. The molecule has 0 heterocycles. The smallest absolute Gasteiger partial charge is 0.124 e. The van der Waals surface area contributed by atoms with Crippen molar-refractivity contribution in [2.45, 2.75) is 6.10 Å². The summed E-state index contributed by atoms with van der Waals surface area (Å²) in [6, 6.07) is 9.91. The average Bonchev–Trinajstić information content (AvgIpc) is 2.38. The van der Waals surface area contributed by atoms with Crippen molar-refractivity contribution >= 4 is 21.6 Å². The van der Waals surface area contributed by atoms with Crippen LogP contribution in [0, 0.1) is 11.6 Å². The van der Waals surface area contributed by atoms with Gasteiger partial charge in [0.25, 0.3) is 0 Å². The van der Waals surface area contributed by atoms with Gasteiger partial charge in [-0.3, -0.25) is 0 Å². The molecule has 0 amide bonds. The SMILES string of the molecule is OC(CNc1ccc(F)cc1Br)c1ccc(F)cc1. The molecule has 2 aromatic carbocycles. The van der Waals surface area contributed by atoms with Gasteiger partial charge < -0.3 is 10.4 Å². The highest BCUT2D eigenvalue weighted by molar-refractivity contribution is 9.10. The molecule has 1 unspecified atom stereocenters. The Morgan fingerprint density at radius 3 is 2.32 bits per heavy atom. The van der Waals surface area contributed by atoms with E-state index in [9.17, 15) is 13.9 Å². The lowest BCUT2D eigenvalue weighted by Gasteiger charge is -2.14. The van der Waals surface area contributed by atoms with Gasteiger partial charge in [-0.2, -0.15) is 0 Å². The summed E-state index contributed by atoms with van der Waals surface area (Å²) in [5.41, 5.74) is 1.30. The minimum atomic E-state index is -0.766. The van der Waals surface area contributed by atoms with E-state index in [0.29, 0.717) is 15.7 Å². The van der Waals surface area contributed by atoms with Crippen LogP contribution in [0.1, 0.15) is 11.7 Å². The molecule has 0 aliphatic carbocycles. The second-order valence-electron chi connectivity index (χ2n) is 4.07. The van der Waals surface area contributed by atoms with Crippen molar-refractivity contribution in [3.8, 4) is 0 Å². The van der Waals surface area contributed by atoms with E-state index in [4.69, 9.17) is 0 Å². The molecule has 5 heteroatoms. The topological polar surface area (TPSA) is 32.3 Å². The Morgan fingerprint density at radius 1 is 1.05 bits per heavy atom. The predicted molar refractivity (Wildman–Crippen MR) is 73.9 cm³/mol. The van der Waals surface area contributed by atoms with Gasteiger partial charge in [0, 0.05) is 16.7 Å². The van der Waals surface area contributed by atoms with Crippen molar-refractivity contribution in [1.82, 2.24) is 0 Å². The Morgan fingerprint density at radius 2 is 1.68 bits per heavy atom. The Kier molecular flexibility index (Phi) is 4.50. The van der Waals surface area contributed by atoms with Gasteiger partial charge in [0.1, 0.15) is 11.6 Å². The third-order valence-electron chi connectivity index (χ3n) is 2.67. The number of aliphatic hydroxyl groups is 1. The van der Waals surface area contributed by atoms with Gasteiger partial charge in [-0.05, 0) is 51.8 Å². The molecule has 2 N–H and O–H groups in total. The predicted octanol–water partition coefficient (Wildman–Crippen LogP) is 3.87. The number of benzene rings is 2. The lowest BCUT2D eigenvalue weighted by molar-refractivity contribution is 0.191. The Labute approximate surface area is 118 Å². The summed E-state index contributed by atoms with van der Waals surface area (Å²) in [5.74, 6) is -0.679. The third-order valence-corrected chi connectivity index (χ3v) is 3.33. The number of hydrogen-bond donors (Lipinski definition) is 2. The monoisotopic (exact) mass is 327 g/mol. The van der Waals surface area contributed by atoms with Crippen molar-refractivity contribution < 1.29 is 13.9 Å². The quantitative estimate of drug-likeness (QED) is 0.893. The lowest BCUT2D eigenvalue weighted by Crippen LogP contribution is -2.12. The summed E-state index contributed by atoms with van der Waals surface area (Å²) in [6.45, 7) is 0.246. The second kappa shape index (κ2) is 6.12. The minimum Gasteiger partial charge on any atom is -0.387 e. The van der Waals surface area contributed by atoms with E-state index in [1.54, 1.807) is 6.07 Å². The standard InChI is InChI=1S/C14H12BrF2NO/c15-12-7-11(17)5-6-13(12)18-8-14(19)9-1-3-10(16)4-2-9/h1-7,14,18-19H,8H2. The minimum absolute atomic E-state index is 0.246. The van der Waals surface area contributed by atoms with Crippen LogP contribution in [0.3, 0.4) is 0 Å². The molecule has 0 fully saturated rings. The summed E-state index contributed by atoms with van der Waals surface area (Å²) < 4.78 is 26.2. The van der Waals surface area contributed by atoms with Crippen LogP contribution in [0.25, 0.3) is 0 Å². The van der Waals surface area contributed by atoms with Crippen molar-refractivity contribution in [3.63, 3.8) is 0 Å². The maximum Gasteiger partial charge on any atom is 0.124 e. The molecule has 19 heavy (non-hydrogen) atoms. The molecule has 100 valence electrons. The van der Waals surface area contributed by atoms with Crippen LogP contribution in [0.4, 0.5) is 14.5 Å². The van der Waals surface area contributed by atoms with Gasteiger partial charge in [-0.1, -0.05) is 12.1 Å². The largest absolute Gasteiger partial charge is 0.387 e. The Hall–Kier alpha value is -1.46. The second-order valence-corrected chi connectivity index (χ2v) is 4.93. The van der Waals surface area contributed by atoms with Crippen molar-refractivity contribution in [3.05, 3.63) is 64.1 Å². The van der Waals surface area contributed by atoms with Gasteiger partial charge in [0.15, 0.2) is 0 Å². The lowest BCUT2D eigenvalue weighted by atomic mass is 10.1. The zero-order chi connectivity index (χ0) is 13.8. The van der Waals surface area contributed by atoms with Gasteiger partial charge in [0.2, 0.25) is 0 Å². The molecule has 0 bridgehead atoms. The molecule has 1 atom stereocenters. The summed E-state index contributed by atoms with van der Waals surface area (Å²) in [5, 5.41) is 12.9. The summed E-state index contributed by atoms with van der Waals surface area (Å²) in [7, 11) is 0. The van der Waals surface area contributed by atoms with Crippen molar-refractivity contribution in [1.29, 1.82) is 0 Å². The molecule has 0 saturated carbocycles. The highest BCUT2D eigenvalue weighted by Crippen LogP contribution is 2.24. The average molecular weight is 328 g/mol. The van der Waals surface area contributed by atoms with E-state index in [1.165, 1.54) is 36.4 Å². The fourth-order valence-electron chi connectivity index (χ4n) is 1.64. The van der Waals surface area contributed by atoms with Gasteiger partial charge >= 0.3 is 0 Å². The molecule has 2 aromatic rings. The van der Waals surface area contributed by atoms with E-state index in [1.807, 2.05) is 0 Å². The van der Waals surface area contributed by atoms with Crippen LogP contribution in [-0.4, -0.2) is 11.7 Å². The molecular formula is C14H12BrF2NO. The molecule has 0 aliphatic heterocycles. The number of aliphatic hydroxyl groups excluding tert-OH is 1. The first-order valence-electron chi connectivity index (χ1n) is 5.69. The number of hydrogen-bond acceptors (Lipinski definition) is 2. The Bertz CT molecular complexity index is 560. The zero-order valence-corrected chi connectivity index (χ0v) is 11.5. The van der Waals surface area contributed by atoms with Crippen LogP contribution in [0.5, 0.6) is 0 Å². The molecule has 0 saturated heterocycles. The molecule has 2 rings (SSSR count). The van der Waals surface area contributed by atoms with E-state index in [2.05, 4.69) is 21.2 Å². The zero-order valence-electron chi connectivity index (χ0n) is 9.91. The third kappa shape index (κ3) is 3.75. The van der Waals surface area contributed by atoms with E-state index in [-0.39, 0.29) is 18.2 Å². The normalized spacial score (nSPS) is 12.2. The molecule has 0 aromatic heterocycles. The fourth-order valence-corrected chi connectivity index (χ4v) is 2.13. The number of nitrogens with one attached hydrogen (secondary N) is 1. The summed E-state index contributed by atoms with van der Waals surface area (Å²) in [6.07, 6.45) is -0.766. The van der Waals surface area contributed by atoms with Crippen LogP contribution in [0.15, 0.2) is 46.9 Å². The highest BCUT2D eigenvalue weighted by atomic mass is 79.9. The number of anilines is 1. The molecule has 0 aliphatic rings. The first kappa shape index (κ1) is 14.0. The molecule has 0 spiro atoms. The van der Waals surface area contributed by atoms with Crippen molar-refractivity contribution in [2.24, 2.45) is 0 Å². The summed E-state index contributed by atoms with van der Waals surface area (Å²) >= 11 is 3.23. The van der Waals surface area contributed by atoms with E-state index < -0.39 is 6.10 Å². The number of halogens is 3. The first-order chi connectivity index (χ1) is 9.06. The van der Waals surface area contributed by atoms with Gasteiger partial charge in [-0.15, -0.1) is 0 Å². The van der Waals surface area contributed by atoms with Crippen LogP contribution >= 0.6 is 15.9 Å². The maximum absolute atomic E-state index is 12.9. The highest BCUT2D eigenvalue weighted by Gasteiger charge is 2.08. The molecule has 0 radical (unpaired) electrons. The van der Waals surface area contributed by atoms with E-state index in [0.717, 1.165) is 0 Å². The summed E-state index contributed by atoms with van der Waals surface area (Å²) in [4.78, 5) is 0. The fraction of sp³-hybridized carbons (Fsp3) is 0.143. The van der Waals surface area contributed by atoms with Gasteiger partial charge in [0.05, 0.1) is 6.10 Å². The van der Waals surface area contributed by atoms with Crippen molar-refractivity contribution in [2.75, 3.05) is 11.9 Å². The van der Waals surface area contributed by atoms with E-state index >= 15 is 0 Å². The van der Waals surface area contributed by atoms with Crippen LogP contribution < -0.4 is 5.32 Å². The number of rotatable bonds is 4. The first-order valence-corrected chi connectivity index (χ1v) is 6.48. The van der Waals surface area contributed by atoms with Crippen LogP contribution in [-0.2, 0) is 0 Å². The molecular weight excluding hydrogens is 316 g/mol. The molecule has 2 nitrogen and oxygen atoms in total.